The molecule has 0 aliphatic carbocycles. The van der Waals surface area contributed by atoms with Crippen LogP contribution in [0, 0.1) is 11.6 Å². The Morgan fingerprint density at radius 2 is 1.71 bits per heavy atom. The monoisotopic (exact) mass is 482 g/mol. The van der Waals surface area contributed by atoms with Gasteiger partial charge in [-0.1, -0.05) is 23.9 Å². The third kappa shape index (κ3) is 5.18. The van der Waals surface area contributed by atoms with Crippen molar-refractivity contribution in [1.29, 1.82) is 0 Å². The molecule has 174 valence electrons. The zero-order valence-corrected chi connectivity index (χ0v) is 19.1. The third-order valence-electron chi connectivity index (χ3n) is 4.83. The normalized spacial score (nSPS) is 10.7. The van der Waals surface area contributed by atoms with E-state index >= 15 is 0 Å². The standard InChI is InChI=1S/C24H20F2N4O3S/c1-32-18-9-7-17(8-10-18)30-23(15-4-3-5-19(12-15)33-2)28-29-24(30)34-14-22(31)27-16-6-11-20(25)21(26)13-16/h3-13H,14H2,1-2H3,(H,27,31). The fourth-order valence-electron chi connectivity index (χ4n) is 3.18. The smallest absolute Gasteiger partial charge is 0.234 e. The lowest BCUT2D eigenvalue weighted by Gasteiger charge is -2.12. The SMILES string of the molecule is COc1ccc(-n2c(SCC(=O)Nc3ccc(F)c(F)c3)nnc2-c2cccc(OC)c2)cc1. The summed E-state index contributed by atoms with van der Waals surface area (Å²) in [6.45, 7) is 0. The summed E-state index contributed by atoms with van der Waals surface area (Å²) in [5.41, 5.74) is 1.71. The lowest BCUT2D eigenvalue weighted by molar-refractivity contribution is -0.113. The summed E-state index contributed by atoms with van der Waals surface area (Å²) in [7, 11) is 3.17. The molecule has 0 saturated carbocycles. The second kappa shape index (κ2) is 10.3. The number of halogens is 2. The molecular formula is C24H20F2N4O3S. The Kier molecular flexibility index (Phi) is 7.07. The van der Waals surface area contributed by atoms with E-state index in [1.807, 2.05) is 53.1 Å². The van der Waals surface area contributed by atoms with Crippen LogP contribution in [0.5, 0.6) is 11.5 Å². The first-order chi connectivity index (χ1) is 16.5. The molecule has 10 heteroatoms. The minimum absolute atomic E-state index is 0.0224. The lowest BCUT2D eigenvalue weighted by Crippen LogP contribution is -2.15. The maximum absolute atomic E-state index is 13.4. The van der Waals surface area contributed by atoms with Crippen molar-refractivity contribution in [3.05, 3.63) is 78.4 Å². The van der Waals surface area contributed by atoms with Crippen molar-refractivity contribution in [3.8, 4) is 28.6 Å². The second-order valence-corrected chi connectivity index (χ2v) is 7.98. The van der Waals surface area contributed by atoms with Crippen LogP contribution < -0.4 is 14.8 Å². The molecule has 0 saturated heterocycles. The summed E-state index contributed by atoms with van der Waals surface area (Å²) in [6.07, 6.45) is 0. The Labute approximate surface area is 198 Å². The quantitative estimate of drug-likeness (QED) is 0.358. The minimum atomic E-state index is -1.03. The first-order valence-electron chi connectivity index (χ1n) is 10.1. The number of rotatable bonds is 8. The Morgan fingerprint density at radius 1 is 0.941 bits per heavy atom. The first kappa shape index (κ1) is 23.2. The number of carbonyl (C=O) groups is 1. The zero-order valence-electron chi connectivity index (χ0n) is 18.3. The molecule has 4 aromatic rings. The van der Waals surface area contributed by atoms with Gasteiger partial charge in [0, 0.05) is 23.0 Å². The Bertz CT molecular complexity index is 1310. The van der Waals surface area contributed by atoms with Gasteiger partial charge in [0.25, 0.3) is 0 Å². The van der Waals surface area contributed by atoms with E-state index in [1.54, 1.807) is 14.2 Å². The van der Waals surface area contributed by atoms with Crippen molar-refractivity contribution in [1.82, 2.24) is 14.8 Å². The highest BCUT2D eigenvalue weighted by Gasteiger charge is 2.18. The molecule has 0 fully saturated rings. The number of carbonyl (C=O) groups excluding carboxylic acids is 1. The van der Waals surface area contributed by atoms with E-state index in [0.29, 0.717) is 22.5 Å². The summed E-state index contributed by atoms with van der Waals surface area (Å²) >= 11 is 1.16. The number of anilines is 1. The first-order valence-corrected chi connectivity index (χ1v) is 11.1. The molecule has 7 nitrogen and oxygen atoms in total. The number of aromatic nitrogens is 3. The molecule has 0 atom stereocenters. The number of nitrogens with one attached hydrogen (secondary N) is 1. The van der Waals surface area contributed by atoms with E-state index in [1.165, 1.54) is 6.07 Å². The van der Waals surface area contributed by atoms with Gasteiger partial charge in [-0.05, 0) is 48.5 Å². The van der Waals surface area contributed by atoms with Gasteiger partial charge in [0.1, 0.15) is 11.5 Å². The Morgan fingerprint density at radius 3 is 2.41 bits per heavy atom. The summed E-state index contributed by atoms with van der Waals surface area (Å²) in [5.74, 6) is -0.513. The van der Waals surface area contributed by atoms with Gasteiger partial charge in [-0.25, -0.2) is 8.78 Å². The molecule has 0 aliphatic rings. The Hall–Kier alpha value is -3.92. The van der Waals surface area contributed by atoms with Crippen LogP contribution >= 0.6 is 11.8 Å². The maximum Gasteiger partial charge on any atom is 0.234 e. The molecule has 3 aromatic carbocycles. The molecule has 1 amide bonds. The van der Waals surface area contributed by atoms with Crippen LogP contribution in [0.4, 0.5) is 14.5 Å². The fourth-order valence-corrected chi connectivity index (χ4v) is 3.93. The van der Waals surface area contributed by atoms with Crippen molar-refractivity contribution in [2.75, 3.05) is 25.3 Å². The van der Waals surface area contributed by atoms with Crippen molar-refractivity contribution in [2.45, 2.75) is 5.16 Å². The van der Waals surface area contributed by atoms with Crippen LogP contribution in [0.2, 0.25) is 0 Å². The Balaban J connectivity index is 1.61. The molecule has 4 rings (SSSR count). The van der Waals surface area contributed by atoms with E-state index in [9.17, 15) is 13.6 Å². The van der Waals surface area contributed by atoms with Crippen molar-refractivity contribution in [3.63, 3.8) is 0 Å². The molecule has 0 unspecified atom stereocenters. The highest BCUT2D eigenvalue weighted by molar-refractivity contribution is 7.99. The molecule has 1 aromatic heterocycles. The van der Waals surface area contributed by atoms with Gasteiger partial charge in [0.2, 0.25) is 5.91 Å². The van der Waals surface area contributed by atoms with Gasteiger partial charge in [-0.3, -0.25) is 9.36 Å². The summed E-state index contributed by atoms with van der Waals surface area (Å²) in [6, 6.07) is 17.9. The van der Waals surface area contributed by atoms with Crippen molar-refractivity contribution < 1.29 is 23.0 Å². The molecule has 0 radical (unpaired) electrons. The topological polar surface area (TPSA) is 78.3 Å². The van der Waals surface area contributed by atoms with E-state index < -0.39 is 17.5 Å². The van der Waals surface area contributed by atoms with Crippen LogP contribution in [-0.2, 0) is 4.79 Å². The predicted octanol–water partition coefficient (Wildman–Crippen LogP) is 4.96. The molecular weight excluding hydrogens is 462 g/mol. The van der Waals surface area contributed by atoms with Crippen molar-refractivity contribution >= 4 is 23.4 Å². The van der Waals surface area contributed by atoms with Gasteiger partial charge in [0.05, 0.1) is 20.0 Å². The number of benzene rings is 3. The van der Waals surface area contributed by atoms with Gasteiger partial charge in [-0.15, -0.1) is 10.2 Å². The van der Waals surface area contributed by atoms with E-state index in [0.717, 1.165) is 35.1 Å². The molecule has 34 heavy (non-hydrogen) atoms. The average molecular weight is 483 g/mol. The second-order valence-electron chi connectivity index (χ2n) is 7.04. The molecule has 0 bridgehead atoms. The van der Waals surface area contributed by atoms with E-state index in [4.69, 9.17) is 9.47 Å². The number of methoxy groups -OCH3 is 2. The number of amides is 1. The van der Waals surface area contributed by atoms with Crippen LogP contribution in [0.25, 0.3) is 17.1 Å². The molecule has 0 aliphatic heterocycles. The molecule has 1 N–H and O–H groups in total. The number of thioether (sulfide) groups is 1. The summed E-state index contributed by atoms with van der Waals surface area (Å²) < 4.78 is 38.9. The fraction of sp³-hybridized carbons (Fsp3) is 0.125. The largest absolute Gasteiger partial charge is 0.497 e. The van der Waals surface area contributed by atoms with Gasteiger partial charge in [0.15, 0.2) is 22.6 Å². The number of hydrogen-bond acceptors (Lipinski definition) is 6. The molecule has 1 heterocycles. The van der Waals surface area contributed by atoms with Crippen LogP contribution in [0.1, 0.15) is 0 Å². The zero-order chi connectivity index (χ0) is 24.1. The molecule has 0 spiro atoms. The van der Waals surface area contributed by atoms with Gasteiger partial charge >= 0.3 is 0 Å². The van der Waals surface area contributed by atoms with Crippen LogP contribution in [0.3, 0.4) is 0 Å². The minimum Gasteiger partial charge on any atom is -0.497 e. The van der Waals surface area contributed by atoms with Crippen LogP contribution in [0.15, 0.2) is 71.9 Å². The van der Waals surface area contributed by atoms with E-state index in [2.05, 4.69) is 15.5 Å². The van der Waals surface area contributed by atoms with Crippen LogP contribution in [-0.4, -0.2) is 40.6 Å². The summed E-state index contributed by atoms with van der Waals surface area (Å²) in [5, 5.41) is 11.7. The predicted molar refractivity (Wildman–Crippen MR) is 126 cm³/mol. The van der Waals surface area contributed by atoms with Crippen molar-refractivity contribution in [2.24, 2.45) is 0 Å². The van der Waals surface area contributed by atoms with Gasteiger partial charge < -0.3 is 14.8 Å². The van der Waals surface area contributed by atoms with Gasteiger partial charge in [-0.2, -0.15) is 0 Å². The van der Waals surface area contributed by atoms with E-state index in [-0.39, 0.29) is 11.4 Å². The maximum atomic E-state index is 13.4. The summed E-state index contributed by atoms with van der Waals surface area (Å²) in [4.78, 5) is 12.4. The number of ether oxygens (including phenoxy) is 2. The lowest BCUT2D eigenvalue weighted by atomic mass is 10.2. The highest BCUT2D eigenvalue weighted by atomic mass is 32.2. The average Bonchev–Trinajstić information content (AvgIpc) is 3.29. The number of hydrogen-bond donors (Lipinski definition) is 1. The third-order valence-corrected chi connectivity index (χ3v) is 5.76. The number of nitrogens with zero attached hydrogens (tertiary/aromatic N) is 3. The highest BCUT2D eigenvalue weighted by Crippen LogP contribution is 2.30.